The zero-order valence-electron chi connectivity index (χ0n) is 45.5. The van der Waals surface area contributed by atoms with E-state index < -0.39 is 63.8 Å². The van der Waals surface area contributed by atoms with E-state index in [1.165, 1.54) is 23.0 Å². The molecule has 0 spiro atoms. The van der Waals surface area contributed by atoms with E-state index in [9.17, 15) is 45.3 Å². The number of unbranched alkanes of at least 4 members (excludes halogenated alkanes) is 3. The normalized spacial score (nSPS) is 22.5. The first kappa shape index (κ1) is 59.2. The second-order valence-electron chi connectivity index (χ2n) is 20.5. The molecule has 4 aromatic rings. The Labute approximate surface area is 470 Å². The van der Waals surface area contributed by atoms with Gasteiger partial charge in [-0.25, -0.2) is 24.1 Å². The van der Waals surface area contributed by atoms with Gasteiger partial charge >= 0.3 is 7.82 Å². The van der Waals surface area contributed by atoms with Crippen molar-refractivity contribution in [2.75, 3.05) is 61.0 Å². The summed E-state index contributed by atoms with van der Waals surface area (Å²) in [6.45, 7) is 10.5. The fourth-order valence-corrected chi connectivity index (χ4v) is 13.1. The van der Waals surface area contributed by atoms with Gasteiger partial charge in [-0.05, 0) is 101 Å². The van der Waals surface area contributed by atoms with Gasteiger partial charge in [-0.1, -0.05) is 55.3 Å². The lowest BCUT2D eigenvalue weighted by molar-refractivity contribution is -0.121. The molecule has 0 bridgehead atoms. The number of aliphatic hydroxyl groups is 1. The number of nitrogens with two attached hydrogens (primary N) is 1. The van der Waals surface area contributed by atoms with Crippen LogP contribution in [0.3, 0.4) is 0 Å². The van der Waals surface area contributed by atoms with E-state index in [-0.39, 0.29) is 59.7 Å². The minimum atomic E-state index is -4.64. The molecule has 2 fully saturated rings. The highest BCUT2D eigenvalue weighted by Crippen LogP contribution is 2.54. The number of rotatable bonds is 23. The Balaban J connectivity index is 0.881. The van der Waals surface area contributed by atoms with Crippen LogP contribution >= 0.6 is 7.82 Å². The third-order valence-electron chi connectivity index (χ3n) is 15.2. The number of nitrogens with one attached hydrogen (secondary N) is 2. The molecule has 8 N–H and O–H groups in total. The third-order valence-corrected chi connectivity index (χ3v) is 17.8. The molecule has 2 aromatic carbocycles. The Morgan fingerprint density at radius 1 is 0.975 bits per heavy atom. The van der Waals surface area contributed by atoms with Crippen LogP contribution in [0.25, 0.3) is 39.9 Å². The van der Waals surface area contributed by atoms with Crippen LogP contribution in [-0.2, 0) is 48.8 Å². The molecule has 6 atom stereocenters. The number of aliphatic hydroxyl groups excluding tert-OH is 1. The van der Waals surface area contributed by atoms with E-state index >= 15 is 0 Å². The number of aromatic nitrogens is 4. The number of carbonyl (C=O) groups excluding carboxylic acids is 1. The Morgan fingerprint density at radius 2 is 1.73 bits per heavy atom. The van der Waals surface area contributed by atoms with Crippen LogP contribution in [0, 0.1) is 6.92 Å². The molecule has 1 aliphatic carbocycles. The Kier molecular flexibility index (Phi) is 18.0. The topological polar surface area (TPSA) is 324 Å². The maximum atomic E-state index is 13.4. The van der Waals surface area contributed by atoms with Gasteiger partial charge in [0.25, 0.3) is 20.2 Å². The molecular formula is C55H69N9O14PS2+. The predicted octanol–water partition coefficient (Wildman–Crippen LogP) is 6.83. The molecule has 9 rings (SSSR count). The molecule has 5 aliphatic rings. The summed E-state index contributed by atoms with van der Waals surface area (Å²) in [5.41, 5.74) is 11.2. The van der Waals surface area contributed by atoms with Crippen LogP contribution in [-0.4, -0.2) is 125 Å². The lowest BCUT2D eigenvalue weighted by Gasteiger charge is -2.30. The first-order valence-electron chi connectivity index (χ1n) is 27.0. The molecule has 2 unspecified atom stereocenters. The molecule has 434 valence electrons. The van der Waals surface area contributed by atoms with Crippen LogP contribution in [0.2, 0.25) is 0 Å². The van der Waals surface area contributed by atoms with E-state index in [0.717, 1.165) is 53.5 Å². The van der Waals surface area contributed by atoms with Gasteiger partial charge in [-0.3, -0.25) is 27.5 Å². The van der Waals surface area contributed by atoms with Crippen molar-refractivity contribution in [3.63, 3.8) is 0 Å². The van der Waals surface area contributed by atoms with Gasteiger partial charge in [0.2, 0.25) is 17.2 Å². The summed E-state index contributed by atoms with van der Waals surface area (Å²) in [5, 5.41) is 18.5. The lowest BCUT2D eigenvalue weighted by atomic mass is 9.77. The summed E-state index contributed by atoms with van der Waals surface area (Å²) in [6, 6.07) is 20.3. The first-order valence-corrected chi connectivity index (χ1v) is 31.6. The SMILES string of the molecule is CC[N+](CC)=c1ccc2c(/C=C/C=C3\N(CCCS(=O)(=O)O)c4ccc(S(=O)(=O)O)cc4C3(C)CCCC(=O)NCCCCCCNc3nc4c(N)ncnc4n3[C@@H]3O[C@@H]4COP(=O)(O)O[C@H]4[C@H]3O)c(C)c(-c3ccccc3)oc-2c1. The molecule has 0 radical (unpaired) electrons. The zero-order chi connectivity index (χ0) is 57.9. The second kappa shape index (κ2) is 24.6. The molecule has 4 aliphatic heterocycles. The number of carbonyl (C=O) groups is 1. The van der Waals surface area contributed by atoms with Crippen LogP contribution in [0.15, 0.2) is 100 Å². The number of hydrogen-bond donors (Lipinski definition) is 7. The number of nitrogen functional groups attached to an aromatic ring is 1. The summed E-state index contributed by atoms with van der Waals surface area (Å²) < 4.78 is 108. The van der Waals surface area contributed by atoms with E-state index in [4.69, 9.17) is 23.9 Å². The van der Waals surface area contributed by atoms with Crippen molar-refractivity contribution in [3.05, 3.63) is 113 Å². The van der Waals surface area contributed by atoms with Gasteiger partial charge in [-0.2, -0.15) is 16.8 Å². The number of phosphoric ester groups is 1. The molecule has 26 heteroatoms. The quantitative estimate of drug-likeness (QED) is 0.0150. The number of ether oxygens (including phenoxy) is 1. The number of hydrogen-bond acceptors (Lipinski definition) is 17. The molecular weight excluding hydrogens is 1110 g/mol. The van der Waals surface area contributed by atoms with Crippen molar-refractivity contribution < 1.29 is 63.5 Å². The largest absolute Gasteiger partial charge is 0.472 e. The first-order chi connectivity index (χ1) is 38.6. The lowest BCUT2D eigenvalue weighted by Crippen LogP contribution is -2.39. The van der Waals surface area contributed by atoms with E-state index in [2.05, 4.69) is 50.1 Å². The molecule has 1 amide bonds. The molecule has 2 aromatic heterocycles. The fourth-order valence-electron chi connectivity index (χ4n) is 11.1. The van der Waals surface area contributed by atoms with E-state index in [1.54, 1.807) is 6.07 Å². The van der Waals surface area contributed by atoms with Gasteiger partial charge in [0.15, 0.2) is 23.2 Å². The summed E-state index contributed by atoms with van der Waals surface area (Å²) in [6.07, 6.45) is 6.49. The second-order valence-corrected chi connectivity index (χ2v) is 24.9. The number of allylic oxidation sites excluding steroid dienone is 3. The maximum Gasteiger partial charge on any atom is 0.472 e. The predicted molar refractivity (Wildman–Crippen MR) is 305 cm³/mol. The number of fused-ring (bicyclic) bond motifs is 4. The summed E-state index contributed by atoms with van der Waals surface area (Å²) in [5.74, 6) is 1.10. The summed E-state index contributed by atoms with van der Waals surface area (Å²) in [7, 11) is -13.3. The van der Waals surface area contributed by atoms with E-state index in [0.29, 0.717) is 67.2 Å². The van der Waals surface area contributed by atoms with Crippen molar-refractivity contribution in [2.45, 2.75) is 114 Å². The molecule has 0 saturated carbocycles. The monoisotopic (exact) mass is 1170 g/mol. The van der Waals surface area contributed by atoms with Gasteiger partial charge in [0, 0.05) is 65.6 Å². The zero-order valence-corrected chi connectivity index (χ0v) is 48.0. The maximum absolute atomic E-state index is 13.4. The molecule has 6 heterocycles. The minimum absolute atomic E-state index is 0.0365. The molecule has 2 saturated heterocycles. The average molecular weight is 1180 g/mol. The Morgan fingerprint density at radius 3 is 2.46 bits per heavy atom. The number of amides is 1. The van der Waals surface area contributed by atoms with Crippen molar-refractivity contribution in [2.24, 2.45) is 0 Å². The van der Waals surface area contributed by atoms with Crippen molar-refractivity contribution in [3.8, 4) is 22.6 Å². The third kappa shape index (κ3) is 13.1. The smallest absolute Gasteiger partial charge is 0.456 e. The highest BCUT2D eigenvalue weighted by Gasteiger charge is 2.53. The van der Waals surface area contributed by atoms with Crippen molar-refractivity contribution in [1.82, 2.24) is 29.4 Å². The van der Waals surface area contributed by atoms with Crippen molar-refractivity contribution >= 4 is 68.7 Å². The number of nitrogens with zero attached hydrogens (tertiary/aromatic N) is 6. The summed E-state index contributed by atoms with van der Waals surface area (Å²) >= 11 is 0. The Hall–Kier alpha value is -6.38. The number of benzene rings is 3. The highest BCUT2D eigenvalue weighted by molar-refractivity contribution is 7.86. The Bertz CT molecular complexity index is 3680. The van der Waals surface area contributed by atoms with Gasteiger partial charge in [0.05, 0.1) is 23.3 Å². The summed E-state index contributed by atoms with van der Waals surface area (Å²) in [4.78, 5) is 37.8. The van der Waals surface area contributed by atoms with Crippen LogP contribution in [0.1, 0.15) is 95.1 Å². The minimum Gasteiger partial charge on any atom is -0.456 e. The number of phosphoric acid groups is 1. The molecule has 23 nitrogen and oxygen atoms in total. The number of anilines is 3. The van der Waals surface area contributed by atoms with Gasteiger partial charge < -0.3 is 40.4 Å². The van der Waals surface area contributed by atoms with Crippen LogP contribution in [0.5, 0.6) is 0 Å². The fraction of sp³-hybridized carbons (Fsp3) is 0.436. The number of imidazole rings is 1. The standard InChI is InChI=1S/C55H68N9O14PS2/c1-5-62(6-2)37-22-24-40-39(35(3)49(76-43(40)31-37)36-17-10-9-11-18-36)19-14-20-45-55(4,41-32-38(81(72,73)74)23-25-42(41)63(45)29-16-30-80(69,70)71)26-15-21-46(65)57-27-12-7-8-13-28-58-54-61-47-51(56)59-34-60-52(47)64(54)53-48(66)50-44(77-53)33-75-79(67,68)78-50/h9-11,14,17-20,22-25,31-32,34,44,48,50,53,66H,5-8,12-13,15-16,21,26-30,33H2,1-4H3,(H6-,56,57,58,59,60,61,65,67,68,69,70,71,72,73,74)/p+1/t44-,48-,50-,53-,55?/m1/s1. The van der Waals surface area contributed by atoms with Gasteiger partial charge in [0.1, 0.15) is 49.2 Å². The average Bonchev–Trinajstić information content (AvgIpc) is 3.31. The van der Waals surface area contributed by atoms with E-state index in [1.807, 2.05) is 79.4 Å². The highest BCUT2D eigenvalue weighted by atomic mass is 32.2. The molecule has 81 heavy (non-hydrogen) atoms. The van der Waals surface area contributed by atoms with Crippen LogP contribution < -0.4 is 31.2 Å². The van der Waals surface area contributed by atoms with Crippen LogP contribution in [0.4, 0.5) is 17.5 Å². The van der Waals surface area contributed by atoms with Crippen molar-refractivity contribution in [1.29, 1.82) is 0 Å². The van der Waals surface area contributed by atoms with Gasteiger partial charge in [-0.15, -0.1) is 0 Å².